The third kappa shape index (κ3) is 4.87. The first kappa shape index (κ1) is 22.9. The average Bonchev–Trinajstić information content (AvgIpc) is 3.33. The fraction of sp³-hybridized carbons (Fsp3) is 0.0769. The highest BCUT2D eigenvalue weighted by Gasteiger charge is 2.21. The second-order valence-corrected chi connectivity index (χ2v) is 9.85. The minimum atomic E-state index is -0.559. The molecule has 35 heavy (non-hydrogen) atoms. The van der Waals surface area contributed by atoms with Gasteiger partial charge in [-0.25, -0.2) is 14.4 Å². The normalized spacial score (nSPS) is 11.9. The standard InChI is InChI=1S/C26H19FN4O2S2/c1-16(23(32)30-25-28-22(15-34-25)17-11-13-18(27)14-12-17)35-26-29-21-10-6-5-9-20(21)24(33)31(26)19-7-3-2-4-8-19/h2-16H,1H3,(H,28,30,32). The number of rotatable bonds is 6. The molecule has 9 heteroatoms. The summed E-state index contributed by atoms with van der Waals surface area (Å²) in [6.07, 6.45) is 0. The van der Waals surface area contributed by atoms with E-state index < -0.39 is 5.25 Å². The van der Waals surface area contributed by atoms with Crippen molar-refractivity contribution >= 4 is 45.0 Å². The average molecular weight is 503 g/mol. The molecule has 0 spiro atoms. The predicted octanol–water partition coefficient (Wildman–Crippen LogP) is 5.77. The molecule has 2 heterocycles. The molecule has 0 saturated carbocycles. The lowest BCUT2D eigenvalue weighted by molar-refractivity contribution is -0.115. The summed E-state index contributed by atoms with van der Waals surface area (Å²) in [5, 5.41) is 5.45. The van der Waals surface area contributed by atoms with E-state index in [1.54, 1.807) is 42.6 Å². The number of nitrogens with zero attached hydrogens (tertiary/aromatic N) is 3. The zero-order chi connectivity index (χ0) is 24.4. The van der Waals surface area contributed by atoms with Gasteiger partial charge in [-0.15, -0.1) is 11.3 Å². The van der Waals surface area contributed by atoms with Crippen molar-refractivity contribution in [1.82, 2.24) is 14.5 Å². The van der Waals surface area contributed by atoms with Gasteiger partial charge in [-0.2, -0.15) is 0 Å². The van der Waals surface area contributed by atoms with Gasteiger partial charge in [0, 0.05) is 10.9 Å². The molecule has 0 aliphatic carbocycles. The van der Waals surface area contributed by atoms with Crippen molar-refractivity contribution in [3.8, 4) is 16.9 Å². The van der Waals surface area contributed by atoms with Gasteiger partial charge in [0.25, 0.3) is 5.56 Å². The number of thioether (sulfide) groups is 1. The van der Waals surface area contributed by atoms with Gasteiger partial charge in [0.05, 0.1) is 27.5 Å². The molecule has 3 aromatic carbocycles. The van der Waals surface area contributed by atoms with Crippen LogP contribution in [0.25, 0.3) is 27.8 Å². The lowest BCUT2D eigenvalue weighted by atomic mass is 10.2. The molecule has 5 rings (SSSR count). The number of carbonyl (C=O) groups excluding carboxylic acids is 1. The van der Waals surface area contributed by atoms with E-state index in [9.17, 15) is 14.0 Å². The molecule has 5 aromatic rings. The van der Waals surface area contributed by atoms with Crippen LogP contribution in [0.3, 0.4) is 0 Å². The highest BCUT2D eigenvalue weighted by atomic mass is 32.2. The Bertz CT molecular complexity index is 1570. The molecular formula is C26H19FN4O2S2. The van der Waals surface area contributed by atoms with Crippen LogP contribution in [0.5, 0.6) is 0 Å². The van der Waals surface area contributed by atoms with E-state index >= 15 is 0 Å². The summed E-state index contributed by atoms with van der Waals surface area (Å²) in [6, 6.07) is 22.4. The molecule has 0 aliphatic rings. The minimum absolute atomic E-state index is 0.194. The molecule has 0 saturated heterocycles. The Hall–Kier alpha value is -3.82. The van der Waals surface area contributed by atoms with E-state index in [0.29, 0.717) is 32.6 Å². The SMILES string of the molecule is CC(Sc1nc2ccccc2c(=O)n1-c1ccccc1)C(=O)Nc1nc(-c2ccc(F)cc2)cs1. The zero-order valence-corrected chi connectivity index (χ0v) is 20.1. The first-order valence-electron chi connectivity index (χ1n) is 10.8. The van der Waals surface area contributed by atoms with Crippen molar-refractivity contribution in [3.05, 3.63) is 100 Å². The summed E-state index contributed by atoms with van der Waals surface area (Å²) in [5.41, 5.74) is 2.47. The van der Waals surface area contributed by atoms with Crippen LogP contribution in [0.1, 0.15) is 6.92 Å². The third-order valence-electron chi connectivity index (χ3n) is 5.29. The maximum absolute atomic E-state index is 13.3. The minimum Gasteiger partial charge on any atom is -0.301 e. The number of hydrogen-bond donors (Lipinski definition) is 1. The number of amides is 1. The molecule has 0 radical (unpaired) electrons. The quantitative estimate of drug-likeness (QED) is 0.236. The smallest absolute Gasteiger partial charge is 0.266 e. The van der Waals surface area contributed by atoms with Gasteiger partial charge in [0.1, 0.15) is 5.82 Å². The van der Waals surface area contributed by atoms with Crippen LogP contribution < -0.4 is 10.9 Å². The molecule has 1 atom stereocenters. The number of para-hydroxylation sites is 2. The molecule has 0 bridgehead atoms. The van der Waals surface area contributed by atoms with E-state index in [0.717, 1.165) is 5.56 Å². The van der Waals surface area contributed by atoms with Crippen molar-refractivity contribution in [3.63, 3.8) is 0 Å². The van der Waals surface area contributed by atoms with E-state index in [4.69, 9.17) is 4.98 Å². The van der Waals surface area contributed by atoms with Crippen molar-refractivity contribution in [1.29, 1.82) is 0 Å². The number of halogens is 1. The second kappa shape index (κ2) is 9.81. The number of aromatic nitrogens is 3. The molecular weight excluding hydrogens is 483 g/mol. The number of fused-ring (bicyclic) bond motifs is 1. The molecule has 1 unspecified atom stereocenters. The van der Waals surface area contributed by atoms with Gasteiger partial charge in [-0.1, -0.05) is 42.1 Å². The maximum Gasteiger partial charge on any atom is 0.266 e. The molecule has 1 amide bonds. The van der Waals surface area contributed by atoms with E-state index in [2.05, 4.69) is 10.3 Å². The fourth-order valence-electron chi connectivity index (χ4n) is 3.50. The van der Waals surface area contributed by atoms with Crippen LogP contribution in [-0.2, 0) is 4.79 Å². The number of benzene rings is 3. The van der Waals surface area contributed by atoms with Crippen molar-refractivity contribution in [2.45, 2.75) is 17.3 Å². The summed E-state index contributed by atoms with van der Waals surface area (Å²) in [6.45, 7) is 1.76. The maximum atomic E-state index is 13.3. The lowest BCUT2D eigenvalue weighted by Gasteiger charge is -2.16. The van der Waals surface area contributed by atoms with Crippen LogP contribution in [0.15, 0.2) is 94.2 Å². The zero-order valence-electron chi connectivity index (χ0n) is 18.5. The number of nitrogens with one attached hydrogen (secondary N) is 1. The highest BCUT2D eigenvalue weighted by molar-refractivity contribution is 8.00. The first-order chi connectivity index (χ1) is 17.0. The topological polar surface area (TPSA) is 76.9 Å². The van der Waals surface area contributed by atoms with Crippen molar-refractivity contribution < 1.29 is 9.18 Å². The van der Waals surface area contributed by atoms with Crippen LogP contribution in [-0.4, -0.2) is 25.7 Å². The number of hydrogen-bond acceptors (Lipinski definition) is 6. The third-order valence-corrected chi connectivity index (χ3v) is 7.10. The fourth-order valence-corrected chi connectivity index (χ4v) is 5.15. The largest absolute Gasteiger partial charge is 0.301 e. The molecule has 6 nitrogen and oxygen atoms in total. The van der Waals surface area contributed by atoms with Crippen LogP contribution >= 0.6 is 23.1 Å². The summed E-state index contributed by atoms with van der Waals surface area (Å²) in [5.74, 6) is -0.586. The highest BCUT2D eigenvalue weighted by Crippen LogP contribution is 2.28. The van der Waals surface area contributed by atoms with Crippen molar-refractivity contribution in [2.75, 3.05) is 5.32 Å². The lowest BCUT2D eigenvalue weighted by Crippen LogP contribution is -2.26. The van der Waals surface area contributed by atoms with Crippen LogP contribution in [0.4, 0.5) is 9.52 Å². The van der Waals surface area contributed by atoms with Gasteiger partial charge in [-0.05, 0) is 55.5 Å². The monoisotopic (exact) mass is 502 g/mol. The van der Waals surface area contributed by atoms with Gasteiger partial charge in [0.15, 0.2) is 10.3 Å². The Morgan fingerprint density at radius 2 is 1.71 bits per heavy atom. The van der Waals surface area contributed by atoms with Gasteiger partial charge in [-0.3, -0.25) is 14.2 Å². The first-order valence-corrected chi connectivity index (χ1v) is 12.5. The molecule has 174 valence electrons. The Kier molecular flexibility index (Phi) is 6.43. The summed E-state index contributed by atoms with van der Waals surface area (Å²) < 4.78 is 14.7. The Morgan fingerprint density at radius 1 is 1.00 bits per heavy atom. The molecule has 2 aromatic heterocycles. The molecule has 0 aliphatic heterocycles. The molecule has 1 N–H and O–H groups in total. The number of thiazole rings is 1. The van der Waals surface area contributed by atoms with Gasteiger partial charge < -0.3 is 5.32 Å². The summed E-state index contributed by atoms with van der Waals surface area (Å²) in [4.78, 5) is 35.4. The van der Waals surface area contributed by atoms with E-state index in [1.807, 2.05) is 36.4 Å². The Labute approximate surface area is 208 Å². The number of anilines is 1. The number of carbonyl (C=O) groups is 1. The van der Waals surface area contributed by atoms with E-state index in [-0.39, 0.29) is 17.3 Å². The van der Waals surface area contributed by atoms with Crippen LogP contribution in [0, 0.1) is 5.82 Å². The van der Waals surface area contributed by atoms with Gasteiger partial charge >= 0.3 is 0 Å². The summed E-state index contributed by atoms with van der Waals surface area (Å²) >= 11 is 2.49. The summed E-state index contributed by atoms with van der Waals surface area (Å²) in [7, 11) is 0. The van der Waals surface area contributed by atoms with E-state index in [1.165, 1.54) is 39.8 Å². The molecule has 0 fully saturated rings. The predicted molar refractivity (Wildman–Crippen MR) is 139 cm³/mol. The van der Waals surface area contributed by atoms with Crippen LogP contribution in [0.2, 0.25) is 0 Å². The second-order valence-electron chi connectivity index (χ2n) is 7.68. The Balaban J connectivity index is 1.40. The van der Waals surface area contributed by atoms with Crippen molar-refractivity contribution in [2.24, 2.45) is 0 Å². The van der Waals surface area contributed by atoms with Gasteiger partial charge in [0.2, 0.25) is 5.91 Å². The Morgan fingerprint density at radius 3 is 2.49 bits per heavy atom.